The summed E-state index contributed by atoms with van der Waals surface area (Å²) in [5, 5.41) is 2.42. The summed E-state index contributed by atoms with van der Waals surface area (Å²) in [6.45, 7) is 0.0951. The van der Waals surface area contributed by atoms with Crippen LogP contribution in [0.1, 0.15) is 11.1 Å². The van der Waals surface area contributed by atoms with Gasteiger partial charge in [0.2, 0.25) is 0 Å². The molecule has 0 aromatic heterocycles. The van der Waals surface area contributed by atoms with Crippen molar-refractivity contribution in [3.63, 3.8) is 0 Å². The number of sulfone groups is 1. The number of urea groups is 1. The molecular weight excluding hydrogens is 321 g/mol. The van der Waals surface area contributed by atoms with E-state index >= 15 is 0 Å². The van der Waals surface area contributed by atoms with Crippen molar-refractivity contribution in [1.29, 1.82) is 0 Å². The van der Waals surface area contributed by atoms with Gasteiger partial charge in [-0.1, -0.05) is 12.1 Å². The first-order valence-corrected chi connectivity index (χ1v) is 8.38. The fourth-order valence-corrected chi connectivity index (χ4v) is 2.10. The topological polar surface area (TPSA) is 66.5 Å². The van der Waals surface area contributed by atoms with E-state index in [1.165, 1.54) is 24.1 Å². The Bertz CT molecular complexity index is 612. The third kappa shape index (κ3) is 6.33. The van der Waals surface area contributed by atoms with E-state index in [0.29, 0.717) is 5.56 Å². The van der Waals surface area contributed by atoms with Crippen molar-refractivity contribution in [3.8, 4) is 0 Å². The average molecular weight is 338 g/mol. The van der Waals surface area contributed by atoms with Gasteiger partial charge < -0.3 is 10.2 Å². The second-order valence-corrected chi connectivity index (χ2v) is 7.17. The minimum Gasteiger partial charge on any atom is -0.337 e. The van der Waals surface area contributed by atoms with Crippen LogP contribution in [0.15, 0.2) is 24.3 Å². The van der Waals surface area contributed by atoms with Gasteiger partial charge in [-0.05, 0) is 17.7 Å². The fourth-order valence-electron chi connectivity index (χ4n) is 1.62. The van der Waals surface area contributed by atoms with Gasteiger partial charge in [0.15, 0.2) is 0 Å². The number of benzene rings is 1. The maximum Gasteiger partial charge on any atom is 0.416 e. The van der Waals surface area contributed by atoms with Gasteiger partial charge in [0.1, 0.15) is 9.84 Å². The molecule has 124 valence electrons. The molecule has 1 aromatic rings. The fraction of sp³-hybridized carbons (Fsp3) is 0.462. The van der Waals surface area contributed by atoms with Crippen LogP contribution < -0.4 is 5.32 Å². The highest BCUT2D eigenvalue weighted by molar-refractivity contribution is 7.90. The van der Waals surface area contributed by atoms with Gasteiger partial charge in [0.05, 0.1) is 11.3 Å². The number of hydrogen-bond donors (Lipinski definition) is 1. The minimum absolute atomic E-state index is 0.0188. The number of hydrogen-bond acceptors (Lipinski definition) is 3. The smallest absolute Gasteiger partial charge is 0.337 e. The molecule has 0 aliphatic carbocycles. The van der Waals surface area contributed by atoms with E-state index in [9.17, 15) is 26.4 Å². The van der Waals surface area contributed by atoms with Crippen molar-refractivity contribution in [2.24, 2.45) is 0 Å². The number of rotatable bonds is 5. The molecule has 0 aliphatic heterocycles. The van der Waals surface area contributed by atoms with Crippen molar-refractivity contribution < 1.29 is 26.4 Å². The first-order chi connectivity index (χ1) is 9.99. The lowest BCUT2D eigenvalue weighted by Crippen LogP contribution is -2.38. The lowest BCUT2D eigenvalue weighted by atomic mass is 10.1. The molecule has 0 fully saturated rings. The molecule has 2 amide bonds. The second kappa shape index (κ2) is 6.99. The average Bonchev–Trinajstić information content (AvgIpc) is 2.36. The van der Waals surface area contributed by atoms with E-state index in [1.807, 2.05) is 0 Å². The Morgan fingerprint density at radius 2 is 1.77 bits per heavy atom. The summed E-state index contributed by atoms with van der Waals surface area (Å²) in [4.78, 5) is 13.0. The minimum atomic E-state index is -4.40. The third-order valence-electron chi connectivity index (χ3n) is 2.80. The van der Waals surface area contributed by atoms with Crippen molar-refractivity contribution >= 4 is 15.9 Å². The molecule has 1 rings (SSSR count). The molecule has 9 heteroatoms. The maximum absolute atomic E-state index is 12.4. The van der Waals surface area contributed by atoms with Crippen LogP contribution in [0.3, 0.4) is 0 Å². The highest BCUT2D eigenvalue weighted by Gasteiger charge is 2.29. The molecule has 0 saturated carbocycles. The zero-order chi connectivity index (χ0) is 17.0. The monoisotopic (exact) mass is 338 g/mol. The number of nitrogens with one attached hydrogen (secondary N) is 1. The lowest BCUT2D eigenvalue weighted by molar-refractivity contribution is -0.137. The predicted octanol–water partition coefficient (Wildman–Crippen LogP) is 1.89. The SMILES string of the molecule is CN(Cc1ccc(C(F)(F)F)cc1)C(=O)NCCS(C)(=O)=O. The summed E-state index contributed by atoms with van der Waals surface area (Å²) in [6.07, 6.45) is -3.33. The van der Waals surface area contributed by atoms with E-state index in [2.05, 4.69) is 5.32 Å². The number of amides is 2. The first kappa shape index (κ1) is 18.3. The van der Waals surface area contributed by atoms with Crippen LogP contribution in [0.4, 0.5) is 18.0 Å². The molecule has 0 aliphatic rings. The summed E-state index contributed by atoms with van der Waals surface area (Å²) in [7, 11) is -1.70. The van der Waals surface area contributed by atoms with Crippen molar-refractivity contribution in [1.82, 2.24) is 10.2 Å². The molecule has 0 unspecified atom stereocenters. The highest BCUT2D eigenvalue weighted by atomic mass is 32.2. The number of halogens is 3. The molecule has 0 bridgehead atoms. The zero-order valence-electron chi connectivity index (χ0n) is 12.1. The van der Waals surface area contributed by atoms with E-state index in [4.69, 9.17) is 0 Å². The van der Waals surface area contributed by atoms with Crippen molar-refractivity contribution in [3.05, 3.63) is 35.4 Å². The van der Waals surface area contributed by atoms with Gasteiger partial charge in [-0.25, -0.2) is 13.2 Å². The number of carbonyl (C=O) groups is 1. The Hall–Kier alpha value is -1.77. The van der Waals surface area contributed by atoms with Gasteiger partial charge in [0.25, 0.3) is 0 Å². The summed E-state index contributed by atoms with van der Waals surface area (Å²) in [6, 6.07) is 3.99. The van der Waals surface area contributed by atoms with Gasteiger partial charge >= 0.3 is 12.2 Å². The second-order valence-electron chi connectivity index (χ2n) is 4.91. The molecule has 0 radical (unpaired) electrons. The van der Waals surface area contributed by atoms with Crippen LogP contribution in [0.25, 0.3) is 0 Å². The normalized spacial score (nSPS) is 12.0. The van der Waals surface area contributed by atoms with Crippen LogP contribution >= 0.6 is 0 Å². The summed E-state index contributed by atoms with van der Waals surface area (Å²) >= 11 is 0. The molecule has 1 aromatic carbocycles. The standard InChI is InChI=1S/C13H17F3N2O3S/c1-18(12(19)17-7-8-22(2,20)21)9-10-3-5-11(6-4-10)13(14,15)16/h3-6H,7-9H2,1-2H3,(H,17,19). The Kier molecular flexibility index (Phi) is 5.81. The van der Waals surface area contributed by atoms with E-state index in [0.717, 1.165) is 18.4 Å². The number of nitrogens with zero attached hydrogens (tertiary/aromatic N) is 1. The van der Waals surface area contributed by atoms with Crippen LogP contribution in [-0.4, -0.2) is 44.9 Å². The molecule has 1 N–H and O–H groups in total. The Labute approximate surface area is 127 Å². The molecule has 22 heavy (non-hydrogen) atoms. The van der Waals surface area contributed by atoms with Crippen molar-refractivity contribution in [2.45, 2.75) is 12.7 Å². The van der Waals surface area contributed by atoms with E-state index in [1.54, 1.807) is 0 Å². The number of carbonyl (C=O) groups excluding carboxylic acids is 1. The van der Waals surface area contributed by atoms with Gasteiger partial charge in [-0.15, -0.1) is 0 Å². The summed E-state index contributed by atoms with van der Waals surface area (Å²) in [5.74, 6) is -0.174. The lowest BCUT2D eigenvalue weighted by Gasteiger charge is -2.18. The molecule has 0 spiro atoms. The highest BCUT2D eigenvalue weighted by Crippen LogP contribution is 2.29. The predicted molar refractivity (Wildman–Crippen MR) is 76.0 cm³/mol. The van der Waals surface area contributed by atoms with E-state index in [-0.39, 0.29) is 18.8 Å². The number of alkyl halides is 3. The molecule has 0 saturated heterocycles. The van der Waals surface area contributed by atoms with Gasteiger partial charge in [-0.2, -0.15) is 13.2 Å². The van der Waals surface area contributed by atoms with Crippen LogP contribution in [-0.2, 0) is 22.6 Å². The largest absolute Gasteiger partial charge is 0.416 e. The summed E-state index contributed by atoms with van der Waals surface area (Å²) in [5.41, 5.74) is -0.217. The zero-order valence-corrected chi connectivity index (χ0v) is 13.0. The third-order valence-corrected chi connectivity index (χ3v) is 3.74. The first-order valence-electron chi connectivity index (χ1n) is 6.32. The summed E-state index contributed by atoms with van der Waals surface area (Å²) < 4.78 is 59.1. The van der Waals surface area contributed by atoms with E-state index < -0.39 is 27.6 Å². The molecule has 5 nitrogen and oxygen atoms in total. The van der Waals surface area contributed by atoms with Crippen LogP contribution in [0, 0.1) is 0 Å². The molecule has 0 atom stereocenters. The molecule has 0 heterocycles. The van der Waals surface area contributed by atoms with Crippen molar-refractivity contribution in [2.75, 3.05) is 25.6 Å². The van der Waals surface area contributed by atoms with Gasteiger partial charge in [-0.3, -0.25) is 0 Å². The Morgan fingerprint density at radius 3 is 2.23 bits per heavy atom. The Morgan fingerprint density at radius 1 is 1.23 bits per heavy atom. The van der Waals surface area contributed by atoms with Crippen LogP contribution in [0.2, 0.25) is 0 Å². The van der Waals surface area contributed by atoms with Gasteiger partial charge in [0, 0.05) is 26.4 Å². The maximum atomic E-state index is 12.4. The quantitative estimate of drug-likeness (QED) is 0.892. The van der Waals surface area contributed by atoms with Crippen LogP contribution in [0.5, 0.6) is 0 Å². The Balaban J connectivity index is 2.54. The molecular formula is C13H17F3N2O3S.